The second-order valence-electron chi connectivity index (χ2n) is 2.53. The normalized spacial score (nSPS) is 9.53. The van der Waals surface area contributed by atoms with Gasteiger partial charge >= 0.3 is 0 Å². The summed E-state index contributed by atoms with van der Waals surface area (Å²) in [6.07, 6.45) is 7.11. The maximum Gasteiger partial charge on any atom is 0.109 e. The fourth-order valence-corrected chi connectivity index (χ4v) is 1.51. The highest BCUT2D eigenvalue weighted by molar-refractivity contribution is 14.1. The average Bonchev–Trinajstić information content (AvgIpc) is 2.80. The summed E-state index contributed by atoms with van der Waals surface area (Å²) in [4.78, 5) is 0. The Labute approximate surface area is 114 Å². The summed E-state index contributed by atoms with van der Waals surface area (Å²) in [5.74, 6) is 0. The molecule has 0 bridgehead atoms. The van der Waals surface area contributed by atoms with Crippen LogP contribution in [0.4, 0.5) is 4.39 Å². The topological polar surface area (TPSA) is 46.5 Å². The molecule has 2 rings (SSSR count). The van der Waals surface area contributed by atoms with E-state index >= 15 is 0 Å². The summed E-state index contributed by atoms with van der Waals surface area (Å²) in [6.45, 7) is 0.0146. The first-order chi connectivity index (χ1) is 7.22. The third-order valence-corrected chi connectivity index (χ3v) is 2.53. The minimum atomic E-state index is -0.349. The van der Waals surface area contributed by atoms with Crippen LogP contribution in [-0.4, -0.2) is 26.7 Å². The molecule has 0 atom stereocenters. The van der Waals surface area contributed by atoms with Gasteiger partial charge in [0.05, 0.1) is 26.1 Å². The Morgan fingerprint density at radius 1 is 1.33 bits per heavy atom. The van der Waals surface area contributed by atoms with Crippen LogP contribution in [0.25, 0.3) is 0 Å². The Morgan fingerprint density at radius 2 is 2.13 bits per heavy atom. The predicted octanol–water partition coefficient (Wildman–Crippen LogP) is 2.47. The SMILES string of the molecule is FCCn1cc(I)cn1.Ic1cn[nH]c1. The van der Waals surface area contributed by atoms with Crippen LogP contribution in [0.15, 0.2) is 24.8 Å². The zero-order chi connectivity index (χ0) is 11.1. The van der Waals surface area contributed by atoms with Crippen molar-refractivity contribution in [3.63, 3.8) is 0 Å². The van der Waals surface area contributed by atoms with Gasteiger partial charge in [0.2, 0.25) is 0 Å². The lowest BCUT2D eigenvalue weighted by molar-refractivity contribution is 0.427. The zero-order valence-electron chi connectivity index (χ0n) is 7.70. The Kier molecular flexibility index (Phi) is 6.13. The van der Waals surface area contributed by atoms with Crippen molar-refractivity contribution in [3.05, 3.63) is 31.9 Å². The van der Waals surface area contributed by atoms with Crippen molar-refractivity contribution in [3.8, 4) is 0 Å². The van der Waals surface area contributed by atoms with E-state index in [2.05, 4.69) is 60.5 Å². The van der Waals surface area contributed by atoms with Crippen molar-refractivity contribution in [2.45, 2.75) is 6.54 Å². The van der Waals surface area contributed by atoms with E-state index in [0.717, 1.165) is 7.14 Å². The quantitative estimate of drug-likeness (QED) is 0.739. The van der Waals surface area contributed by atoms with Gasteiger partial charge < -0.3 is 0 Å². The molecule has 0 aliphatic heterocycles. The van der Waals surface area contributed by atoms with E-state index in [0.29, 0.717) is 6.54 Å². The van der Waals surface area contributed by atoms with Crippen molar-refractivity contribution in [1.82, 2.24) is 20.0 Å². The molecule has 0 spiro atoms. The average molecular weight is 434 g/mol. The van der Waals surface area contributed by atoms with E-state index in [4.69, 9.17) is 0 Å². The van der Waals surface area contributed by atoms with Gasteiger partial charge in [-0.1, -0.05) is 0 Å². The molecule has 7 heteroatoms. The van der Waals surface area contributed by atoms with Gasteiger partial charge in [0.15, 0.2) is 0 Å². The lowest BCUT2D eigenvalue weighted by Crippen LogP contribution is -1.98. The summed E-state index contributed by atoms with van der Waals surface area (Å²) in [6, 6.07) is 0. The molecular formula is C8H9FI2N4. The van der Waals surface area contributed by atoms with Gasteiger partial charge in [0, 0.05) is 12.4 Å². The number of aryl methyl sites for hydroxylation is 1. The first kappa shape index (κ1) is 12.9. The fourth-order valence-electron chi connectivity index (χ4n) is 0.782. The minimum absolute atomic E-state index is 0.349. The van der Waals surface area contributed by atoms with Gasteiger partial charge in [-0.05, 0) is 45.2 Å². The van der Waals surface area contributed by atoms with E-state index in [1.807, 2.05) is 6.20 Å². The molecule has 2 aromatic rings. The highest BCUT2D eigenvalue weighted by Crippen LogP contribution is 2.00. The lowest BCUT2D eigenvalue weighted by Gasteiger charge is -1.91. The first-order valence-electron chi connectivity index (χ1n) is 4.10. The predicted molar refractivity (Wildman–Crippen MR) is 72.2 cm³/mol. The van der Waals surface area contributed by atoms with E-state index in [1.165, 1.54) is 0 Å². The number of hydrogen-bond acceptors (Lipinski definition) is 2. The molecule has 0 aliphatic carbocycles. The number of nitrogens with zero attached hydrogens (tertiary/aromatic N) is 3. The second-order valence-corrected chi connectivity index (χ2v) is 5.02. The van der Waals surface area contributed by atoms with Gasteiger partial charge in [-0.25, -0.2) is 4.39 Å². The van der Waals surface area contributed by atoms with Crippen molar-refractivity contribution in [2.75, 3.05) is 6.67 Å². The van der Waals surface area contributed by atoms with Crippen LogP contribution >= 0.6 is 45.2 Å². The molecular weight excluding hydrogens is 425 g/mol. The maximum atomic E-state index is 11.6. The number of aromatic nitrogens is 4. The number of rotatable bonds is 2. The molecule has 2 aromatic heterocycles. The summed E-state index contributed by atoms with van der Waals surface area (Å²) in [5, 5.41) is 10.2. The van der Waals surface area contributed by atoms with Gasteiger partial charge in [0.25, 0.3) is 0 Å². The van der Waals surface area contributed by atoms with Crippen molar-refractivity contribution >= 4 is 45.2 Å². The minimum Gasteiger partial charge on any atom is -0.285 e. The first-order valence-corrected chi connectivity index (χ1v) is 6.26. The Balaban J connectivity index is 0.000000162. The van der Waals surface area contributed by atoms with Crippen LogP contribution in [0, 0.1) is 7.14 Å². The Bertz CT molecular complexity index is 374. The largest absolute Gasteiger partial charge is 0.285 e. The van der Waals surface area contributed by atoms with Crippen molar-refractivity contribution < 1.29 is 4.39 Å². The third-order valence-electron chi connectivity index (χ3n) is 1.38. The molecule has 15 heavy (non-hydrogen) atoms. The standard InChI is InChI=1S/C5H6FIN2.C3H3IN2/c6-1-2-9-4-5(7)3-8-9;4-3-1-5-6-2-3/h3-4H,1-2H2;1-2H,(H,5,6). The number of alkyl halides is 1. The van der Waals surface area contributed by atoms with Crippen LogP contribution < -0.4 is 0 Å². The van der Waals surface area contributed by atoms with Crippen molar-refractivity contribution in [1.29, 1.82) is 0 Å². The third kappa shape index (κ3) is 5.44. The van der Waals surface area contributed by atoms with Crippen LogP contribution in [0.1, 0.15) is 0 Å². The molecule has 0 aliphatic rings. The summed E-state index contributed by atoms with van der Waals surface area (Å²) in [7, 11) is 0. The zero-order valence-corrected chi connectivity index (χ0v) is 12.0. The molecule has 1 N–H and O–H groups in total. The molecule has 2 heterocycles. The number of aromatic amines is 1. The van der Waals surface area contributed by atoms with E-state index in [1.54, 1.807) is 23.3 Å². The van der Waals surface area contributed by atoms with Crippen LogP contribution in [0.5, 0.6) is 0 Å². The van der Waals surface area contributed by atoms with Gasteiger partial charge in [-0.3, -0.25) is 9.78 Å². The highest BCUT2D eigenvalue weighted by Gasteiger charge is 1.91. The molecule has 0 unspecified atom stereocenters. The number of nitrogens with one attached hydrogen (secondary N) is 1. The lowest BCUT2D eigenvalue weighted by atomic mass is 10.7. The molecule has 0 aromatic carbocycles. The van der Waals surface area contributed by atoms with E-state index < -0.39 is 0 Å². The molecule has 82 valence electrons. The molecule has 0 radical (unpaired) electrons. The Hall–Kier alpha value is -0.190. The second kappa shape index (κ2) is 7.14. The number of hydrogen-bond donors (Lipinski definition) is 1. The fraction of sp³-hybridized carbons (Fsp3) is 0.250. The monoisotopic (exact) mass is 434 g/mol. The van der Waals surface area contributed by atoms with E-state index in [9.17, 15) is 4.39 Å². The summed E-state index contributed by atoms with van der Waals surface area (Å²) < 4.78 is 15.4. The maximum absolute atomic E-state index is 11.6. The number of halogens is 3. The molecule has 0 amide bonds. The Morgan fingerprint density at radius 3 is 2.47 bits per heavy atom. The van der Waals surface area contributed by atoms with Gasteiger partial charge in [0.1, 0.15) is 6.67 Å². The molecule has 0 fully saturated rings. The summed E-state index contributed by atoms with van der Waals surface area (Å²) in [5.41, 5.74) is 0. The molecule has 0 saturated heterocycles. The smallest absolute Gasteiger partial charge is 0.109 e. The van der Waals surface area contributed by atoms with E-state index in [-0.39, 0.29) is 6.67 Å². The summed E-state index contributed by atoms with van der Waals surface area (Å²) >= 11 is 4.32. The molecule has 4 nitrogen and oxygen atoms in total. The van der Waals surface area contributed by atoms with Crippen LogP contribution in [0.2, 0.25) is 0 Å². The van der Waals surface area contributed by atoms with Gasteiger partial charge in [-0.2, -0.15) is 10.2 Å². The highest BCUT2D eigenvalue weighted by atomic mass is 127. The van der Waals surface area contributed by atoms with Crippen LogP contribution in [-0.2, 0) is 6.54 Å². The van der Waals surface area contributed by atoms with Crippen LogP contribution in [0.3, 0.4) is 0 Å². The number of H-pyrrole nitrogens is 1. The van der Waals surface area contributed by atoms with Gasteiger partial charge in [-0.15, -0.1) is 0 Å². The molecule has 0 saturated carbocycles. The van der Waals surface area contributed by atoms with Crippen molar-refractivity contribution in [2.24, 2.45) is 0 Å².